The number of nitrogens with zero attached hydrogens (tertiary/aromatic N) is 3. The standard InChI is InChI=1S/C12H18ClN3O/c1-12(2,3)11-9(7-16(4)14-11)10-5-8(6-13)17-15-10/h7-8H,5-6H2,1-4H3. The summed E-state index contributed by atoms with van der Waals surface area (Å²) in [5.41, 5.74) is 3.08. The molecular weight excluding hydrogens is 238 g/mol. The molecule has 0 bridgehead atoms. The van der Waals surface area contributed by atoms with Crippen molar-refractivity contribution in [2.45, 2.75) is 38.7 Å². The minimum atomic E-state index is -0.00182. The molecule has 1 aliphatic rings. The van der Waals surface area contributed by atoms with E-state index in [0.29, 0.717) is 5.88 Å². The molecular formula is C12H18ClN3O. The summed E-state index contributed by atoms with van der Waals surface area (Å²) < 4.78 is 1.83. The molecule has 17 heavy (non-hydrogen) atoms. The van der Waals surface area contributed by atoms with Gasteiger partial charge in [0, 0.05) is 30.6 Å². The van der Waals surface area contributed by atoms with Crippen LogP contribution < -0.4 is 0 Å². The second kappa shape index (κ2) is 4.33. The predicted octanol–water partition coefficient (Wildman–Crippen LogP) is 2.45. The van der Waals surface area contributed by atoms with E-state index >= 15 is 0 Å². The first kappa shape index (κ1) is 12.4. The summed E-state index contributed by atoms with van der Waals surface area (Å²) in [6, 6.07) is 0. The lowest BCUT2D eigenvalue weighted by atomic mass is 9.87. The maximum absolute atomic E-state index is 5.78. The molecule has 1 aromatic heterocycles. The fraction of sp³-hybridized carbons (Fsp3) is 0.667. The summed E-state index contributed by atoms with van der Waals surface area (Å²) in [5, 5.41) is 8.65. The molecule has 5 heteroatoms. The molecule has 0 amide bonds. The zero-order valence-electron chi connectivity index (χ0n) is 10.7. The summed E-state index contributed by atoms with van der Waals surface area (Å²) in [6.07, 6.45) is 2.76. The van der Waals surface area contributed by atoms with E-state index in [-0.39, 0.29) is 11.5 Å². The number of aryl methyl sites for hydroxylation is 1. The van der Waals surface area contributed by atoms with Crippen LogP contribution in [0.1, 0.15) is 38.4 Å². The van der Waals surface area contributed by atoms with E-state index in [1.807, 2.05) is 17.9 Å². The van der Waals surface area contributed by atoms with Crippen molar-refractivity contribution in [1.82, 2.24) is 9.78 Å². The van der Waals surface area contributed by atoms with Gasteiger partial charge in [0.05, 0.1) is 17.3 Å². The van der Waals surface area contributed by atoms with Crippen LogP contribution in [-0.4, -0.2) is 27.5 Å². The fourth-order valence-corrected chi connectivity index (χ4v) is 2.09. The van der Waals surface area contributed by atoms with Crippen LogP contribution in [0.15, 0.2) is 11.4 Å². The smallest absolute Gasteiger partial charge is 0.146 e. The Kier molecular flexibility index (Phi) is 3.17. The number of rotatable bonds is 2. The quantitative estimate of drug-likeness (QED) is 0.762. The van der Waals surface area contributed by atoms with E-state index in [2.05, 4.69) is 31.0 Å². The first-order chi connectivity index (χ1) is 7.91. The molecule has 2 rings (SSSR count). The minimum Gasteiger partial charge on any atom is -0.391 e. The van der Waals surface area contributed by atoms with Gasteiger partial charge in [0.1, 0.15) is 6.10 Å². The van der Waals surface area contributed by atoms with Crippen LogP contribution in [0.4, 0.5) is 0 Å². The lowest BCUT2D eigenvalue weighted by Gasteiger charge is -2.17. The van der Waals surface area contributed by atoms with Gasteiger partial charge in [0.15, 0.2) is 0 Å². The molecule has 0 saturated heterocycles. The van der Waals surface area contributed by atoms with Gasteiger partial charge in [-0.15, -0.1) is 11.6 Å². The maximum Gasteiger partial charge on any atom is 0.146 e. The predicted molar refractivity (Wildman–Crippen MR) is 68.7 cm³/mol. The van der Waals surface area contributed by atoms with Crippen molar-refractivity contribution in [2.24, 2.45) is 12.2 Å². The topological polar surface area (TPSA) is 39.4 Å². The molecule has 1 aliphatic heterocycles. The molecule has 1 aromatic rings. The summed E-state index contributed by atoms with van der Waals surface area (Å²) in [7, 11) is 1.92. The van der Waals surface area contributed by atoms with Crippen LogP contribution in [0.2, 0.25) is 0 Å². The Balaban J connectivity index is 2.34. The molecule has 2 heterocycles. The van der Waals surface area contributed by atoms with Crippen LogP contribution in [-0.2, 0) is 17.3 Å². The third-order valence-electron chi connectivity index (χ3n) is 2.76. The normalized spacial score (nSPS) is 20.3. The number of oxime groups is 1. The van der Waals surface area contributed by atoms with Gasteiger partial charge in [-0.2, -0.15) is 5.10 Å². The van der Waals surface area contributed by atoms with E-state index in [9.17, 15) is 0 Å². The van der Waals surface area contributed by atoms with Gasteiger partial charge in [0.25, 0.3) is 0 Å². The highest BCUT2D eigenvalue weighted by molar-refractivity contribution is 6.18. The summed E-state index contributed by atoms with van der Waals surface area (Å²) in [5.74, 6) is 0.470. The highest BCUT2D eigenvalue weighted by Gasteiger charge is 2.29. The molecule has 0 aromatic carbocycles. The van der Waals surface area contributed by atoms with Gasteiger partial charge in [-0.05, 0) is 0 Å². The van der Waals surface area contributed by atoms with Gasteiger partial charge in [-0.1, -0.05) is 25.9 Å². The molecule has 1 atom stereocenters. The zero-order valence-corrected chi connectivity index (χ0v) is 11.5. The number of alkyl halides is 1. The van der Waals surface area contributed by atoms with Gasteiger partial charge >= 0.3 is 0 Å². The van der Waals surface area contributed by atoms with E-state index in [4.69, 9.17) is 16.4 Å². The Labute approximate surface area is 107 Å². The zero-order chi connectivity index (χ0) is 12.6. The van der Waals surface area contributed by atoms with Crippen molar-refractivity contribution in [3.8, 4) is 0 Å². The van der Waals surface area contributed by atoms with Crippen molar-refractivity contribution in [3.63, 3.8) is 0 Å². The first-order valence-corrected chi connectivity index (χ1v) is 6.28. The van der Waals surface area contributed by atoms with Gasteiger partial charge in [-0.25, -0.2) is 0 Å². The van der Waals surface area contributed by atoms with Crippen molar-refractivity contribution in [1.29, 1.82) is 0 Å². The summed E-state index contributed by atoms with van der Waals surface area (Å²) in [6.45, 7) is 6.44. The largest absolute Gasteiger partial charge is 0.391 e. The molecule has 94 valence electrons. The van der Waals surface area contributed by atoms with Crippen LogP contribution in [0.5, 0.6) is 0 Å². The molecule has 4 nitrogen and oxygen atoms in total. The van der Waals surface area contributed by atoms with Gasteiger partial charge < -0.3 is 4.84 Å². The number of hydrogen-bond acceptors (Lipinski definition) is 3. The Morgan fingerprint density at radius 1 is 1.53 bits per heavy atom. The van der Waals surface area contributed by atoms with Crippen molar-refractivity contribution >= 4 is 17.3 Å². The Hall–Kier alpha value is -1.03. The lowest BCUT2D eigenvalue weighted by Crippen LogP contribution is -2.17. The number of hydrogen-bond donors (Lipinski definition) is 0. The minimum absolute atomic E-state index is 0.000286. The molecule has 0 spiro atoms. The Morgan fingerprint density at radius 2 is 2.24 bits per heavy atom. The van der Waals surface area contributed by atoms with E-state index in [1.165, 1.54) is 0 Å². The summed E-state index contributed by atoms with van der Waals surface area (Å²) >= 11 is 5.78. The van der Waals surface area contributed by atoms with Crippen LogP contribution in [0.25, 0.3) is 0 Å². The van der Waals surface area contributed by atoms with Gasteiger partial charge in [0.2, 0.25) is 0 Å². The fourth-order valence-electron chi connectivity index (χ4n) is 1.92. The molecule has 1 unspecified atom stereocenters. The second-order valence-corrected chi connectivity index (χ2v) is 5.75. The van der Waals surface area contributed by atoms with Crippen LogP contribution in [0, 0.1) is 0 Å². The highest BCUT2D eigenvalue weighted by atomic mass is 35.5. The maximum atomic E-state index is 5.78. The van der Waals surface area contributed by atoms with Gasteiger partial charge in [-0.3, -0.25) is 4.68 Å². The Morgan fingerprint density at radius 3 is 2.76 bits per heavy atom. The second-order valence-electron chi connectivity index (χ2n) is 5.44. The van der Waals surface area contributed by atoms with Crippen molar-refractivity contribution < 1.29 is 4.84 Å². The number of halogens is 1. The molecule has 0 radical (unpaired) electrons. The SMILES string of the molecule is Cn1cc(C2=NOC(CCl)C2)c(C(C)(C)C)n1. The molecule has 0 aliphatic carbocycles. The lowest BCUT2D eigenvalue weighted by molar-refractivity contribution is 0.102. The van der Waals surface area contributed by atoms with Crippen LogP contribution in [0.3, 0.4) is 0 Å². The first-order valence-electron chi connectivity index (χ1n) is 5.75. The highest BCUT2D eigenvalue weighted by Crippen LogP contribution is 2.27. The summed E-state index contributed by atoms with van der Waals surface area (Å²) in [4.78, 5) is 5.27. The molecule has 0 saturated carbocycles. The third-order valence-corrected chi connectivity index (χ3v) is 3.10. The van der Waals surface area contributed by atoms with E-state index < -0.39 is 0 Å². The molecule has 0 fully saturated rings. The van der Waals surface area contributed by atoms with Crippen molar-refractivity contribution in [3.05, 3.63) is 17.5 Å². The van der Waals surface area contributed by atoms with E-state index in [1.54, 1.807) is 0 Å². The Bertz CT molecular complexity index is 445. The van der Waals surface area contributed by atoms with E-state index in [0.717, 1.165) is 23.4 Å². The molecule has 0 N–H and O–H groups in total. The monoisotopic (exact) mass is 255 g/mol. The van der Waals surface area contributed by atoms with Crippen LogP contribution >= 0.6 is 11.6 Å². The van der Waals surface area contributed by atoms with Crippen molar-refractivity contribution in [2.75, 3.05) is 5.88 Å². The third kappa shape index (κ3) is 2.46. The average Bonchev–Trinajstić information content (AvgIpc) is 2.81. The average molecular weight is 256 g/mol. The number of aromatic nitrogens is 2.